The van der Waals surface area contributed by atoms with Crippen LogP contribution in [0.15, 0.2) is 53.4 Å². The third-order valence-electron chi connectivity index (χ3n) is 5.04. The van der Waals surface area contributed by atoms with Crippen molar-refractivity contribution in [1.29, 1.82) is 0 Å². The average Bonchev–Trinajstić information content (AvgIpc) is 3.06. The van der Waals surface area contributed by atoms with Gasteiger partial charge in [0.25, 0.3) is 0 Å². The second kappa shape index (κ2) is 28.3. The molecular formula is C30H45N3O12S3. The van der Waals surface area contributed by atoms with Crippen LogP contribution in [0.3, 0.4) is 0 Å². The first-order valence-electron chi connectivity index (χ1n) is 14.9. The summed E-state index contributed by atoms with van der Waals surface area (Å²) in [5, 5.41) is 1.36. The van der Waals surface area contributed by atoms with Crippen molar-refractivity contribution in [2.45, 2.75) is 52.5 Å². The molecular weight excluding hydrogens is 691 g/mol. The highest BCUT2D eigenvalue weighted by Gasteiger charge is 2.17. The van der Waals surface area contributed by atoms with Crippen molar-refractivity contribution in [3.05, 3.63) is 38.0 Å². The maximum absolute atomic E-state index is 11.1. The van der Waals surface area contributed by atoms with Crippen LogP contribution < -0.4 is 0 Å². The van der Waals surface area contributed by atoms with Crippen LogP contribution >= 0.6 is 35.3 Å². The fraction of sp³-hybridized carbons (Fsp3) is 0.600. The summed E-state index contributed by atoms with van der Waals surface area (Å²) in [6, 6.07) is 0. The van der Waals surface area contributed by atoms with Gasteiger partial charge in [-0.2, -0.15) is 15.0 Å². The molecule has 0 saturated heterocycles. The van der Waals surface area contributed by atoms with E-state index in [1.165, 1.54) is 35.3 Å². The Hall–Kier alpha value is -2.55. The molecule has 18 heteroatoms. The molecule has 0 N–H and O–H groups in total. The number of aromatic nitrogens is 3. The fourth-order valence-corrected chi connectivity index (χ4v) is 5.32. The zero-order valence-electron chi connectivity index (χ0n) is 27.5. The highest BCUT2D eigenvalue weighted by Crippen LogP contribution is 2.29. The van der Waals surface area contributed by atoms with E-state index in [2.05, 4.69) is 34.7 Å². The number of hydrogen-bond donors (Lipinski definition) is 0. The van der Waals surface area contributed by atoms with Gasteiger partial charge in [-0.05, 0) is 20.8 Å². The van der Waals surface area contributed by atoms with E-state index in [0.29, 0.717) is 55.1 Å². The summed E-state index contributed by atoms with van der Waals surface area (Å²) in [5.74, 6) is -1.50. The number of rotatable bonds is 30. The lowest BCUT2D eigenvalue weighted by molar-refractivity contribution is -0.140. The lowest BCUT2D eigenvalue weighted by Gasteiger charge is -2.16. The fourth-order valence-electron chi connectivity index (χ4n) is 2.93. The summed E-state index contributed by atoms with van der Waals surface area (Å²) in [7, 11) is 0. The largest absolute Gasteiger partial charge is 0.460 e. The molecule has 0 aliphatic rings. The summed E-state index contributed by atoms with van der Waals surface area (Å²) in [4.78, 5) is 46.9. The molecule has 1 heterocycles. The van der Waals surface area contributed by atoms with Crippen molar-refractivity contribution < 1.29 is 57.0 Å². The Bertz CT molecular complexity index is 973. The first-order chi connectivity index (χ1) is 23.2. The Morgan fingerprint density at radius 3 is 1.00 bits per heavy atom. The molecule has 0 spiro atoms. The standard InChI is InChI=1S/C30H45N3O12S3/c1-7-25(34)43-19-13-37-10-16-40-22(4)46-28-31-29(47-23(5)41-17-11-38-14-20-44-26(35)8-2)33-30(32-28)48-24(6)42-18-12-39-15-21-45-27(36)9-3/h7-9,22-24H,1-3,10-21H2,4-6H3. The summed E-state index contributed by atoms with van der Waals surface area (Å²) in [5.41, 5.74) is -0.921. The van der Waals surface area contributed by atoms with Crippen molar-refractivity contribution in [2.24, 2.45) is 0 Å². The lowest BCUT2D eigenvalue weighted by atomic mass is 10.6. The van der Waals surface area contributed by atoms with Crippen molar-refractivity contribution in [3.8, 4) is 0 Å². The molecule has 48 heavy (non-hydrogen) atoms. The smallest absolute Gasteiger partial charge is 0.330 e. The molecule has 1 aromatic rings. The number of ether oxygens (including phenoxy) is 9. The summed E-state index contributed by atoms with van der Waals surface area (Å²) >= 11 is 3.94. The van der Waals surface area contributed by atoms with Gasteiger partial charge in [-0.25, -0.2) is 14.4 Å². The Balaban J connectivity index is 2.63. The first-order valence-corrected chi connectivity index (χ1v) is 17.5. The molecule has 0 amide bonds. The van der Waals surface area contributed by atoms with Crippen LogP contribution in [0, 0.1) is 0 Å². The Morgan fingerprint density at radius 2 is 0.750 bits per heavy atom. The molecule has 0 aliphatic heterocycles. The minimum atomic E-state index is -0.501. The van der Waals surface area contributed by atoms with Gasteiger partial charge < -0.3 is 42.6 Å². The number of thioether (sulfide) groups is 3. The second-order valence-corrected chi connectivity index (χ2v) is 12.6. The SMILES string of the molecule is C=CC(=O)OCCOCCOC(C)Sc1nc(SC(C)OCCOCCOC(=O)C=C)nc(SC(C)OCCOCCOC(=O)C=C)n1. The molecule has 1 aromatic heterocycles. The van der Waals surface area contributed by atoms with Crippen LogP contribution in [0.4, 0.5) is 0 Å². The number of nitrogens with zero attached hydrogens (tertiary/aromatic N) is 3. The first kappa shape index (κ1) is 43.5. The molecule has 3 unspecified atom stereocenters. The third kappa shape index (κ3) is 23.7. The number of carbonyl (C=O) groups excluding carboxylic acids is 3. The van der Waals surface area contributed by atoms with Gasteiger partial charge in [-0.3, -0.25) is 0 Å². The molecule has 0 saturated carbocycles. The molecule has 0 bridgehead atoms. The minimum Gasteiger partial charge on any atom is -0.460 e. The van der Waals surface area contributed by atoms with Crippen LogP contribution in [0.5, 0.6) is 0 Å². The van der Waals surface area contributed by atoms with Crippen molar-refractivity contribution in [3.63, 3.8) is 0 Å². The summed E-state index contributed by atoms with van der Waals surface area (Å²) in [6.07, 6.45) is 3.28. The monoisotopic (exact) mass is 735 g/mol. The maximum Gasteiger partial charge on any atom is 0.330 e. The van der Waals surface area contributed by atoms with E-state index in [4.69, 9.17) is 42.6 Å². The number of carbonyl (C=O) groups is 3. The zero-order valence-corrected chi connectivity index (χ0v) is 30.0. The van der Waals surface area contributed by atoms with Gasteiger partial charge in [0.2, 0.25) is 0 Å². The number of hydrogen-bond acceptors (Lipinski definition) is 18. The summed E-state index contributed by atoms with van der Waals surface area (Å²) < 4.78 is 48.3. The van der Waals surface area contributed by atoms with Crippen LogP contribution in [0.1, 0.15) is 20.8 Å². The van der Waals surface area contributed by atoms with Crippen molar-refractivity contribution in [2.75, 3.05) is 79.3 Å². The van der Waals surface area contributed by atoms with E-state index < -0.39 is 17.9 Å². The topological polar surface area (TPSA) is 173 Å². The molecule has 15 nitrogen and oxygen atoms in total. The van der Waals surface area contributed by atoms with E-state index >= 15 is 0 Å². The third-order valence-corrected chi connectivity index (χ3v) is 7.63. The average molecular weight is 736 g/mol. The molecule has 270 valence electrons. The van der Waals surface area contributed by atoms with Crippen LogP contribution in [-0.4, -0.2) is 128 Å². The van der Waals surface area contributed by atoms with Gasteiger partial charge in [0.15, 0.2) is 15.5 Å². The van der Waals surface area contributed by atoms with Crippen LogP contribution in [0.2, 0.25) is 0 Å². The van der Waals surface area contributed by atoms with E-state index in [-0.39, 0.29) is 55.9 Å². The van der Waals surface area contributed by atoms with Gasteiger partial charge in [-0.1, -0.05) is 55.0 Å². The predicted molar refractivity (Wildman–Crippen MR) is 180 cm³/mol. The highest BCUT2D eigenvalue weighted by molar-refractivity contribution is 8.00. The second-order valence-electron chi connectivity index (χ2n) is 8.80. The van der Waals surface area contributed by atoms with E-state index in [1.807, 2.05) is 20.8 Å². The maximum atomic E-state index is 11.1. The predicted octanol–water partition coefficient (Wildman–Crippen LogP) is 3.47. The van der Waals surface area contributed by atoms with Crippen molar-refractivity contribution in [1.82, 2.24) is 15.0 Å². The van der Waals surface area contributed by atoms with E-state index in [0.717, 1.165) is 18.2 Å². The minimum absolute atomic E-state index is 0.131. The zero-order chi connectivity index (χ0) is 35.4. The normalized spacial score (nSPS) is 12.8. The number of esters is 3. The van der Waals surface area contributed by atoms with Gasteiger partial charge >= 0.3 is 17.9 Å². The van der Waals surface area contributed by atoms with Gasteiger partial charge in [0, 0.05) is 18.2 Å². The van der Waals surface area contributed by atoms with Gasteiger partial charge in [-0.15, -0.1) is 0 Å². The molecule has 0 fully saturated rings. The molecule has 0 aliphatic carbocycles. The Labute approximate surface area is 294 Å². The van der Waals surface area contributed by atoms with Crippen molar-refractivity contribution >= 4 is 53.2 Å². The molecule has 1 rings (SSSR count). The Morgan fingerprint density at radius 1 is 0.500 bits per heavy atom. The van der Waals surface area contributed by atoms with E-state index in [1.54, 1.807) is 0 Å². The molecule has 0 aromatic carbocycles. The Kier molecular flexibility index (Phi) is 25.6. The van der Waals surface area contributed by atoms with E-state index in [9.17, 15) is 14.4 Å². The molecule has 0 radical (unpaired) electrons. The van der Waals surface area contributed by atoms with Gasteiger partial charge in [0.05, 0.1) is 59.5 Å². The quantitative estimate of drug-likeness (QED) is 0.0280. The highest BCUT2D eigenvalue weighted by atomic mass is 32.2. The lowest BCUT2D eigenvalue weighted by Crippen LogP contribution is -2.15. The van der Waals surface area contributed by atoms with Crippen LogP contribution in [-0.2, 0) is 57.0 Å². The molecule has 3 atom stereocenters. The summed E-state index contributed by atoms with van der Waals surface area (Å²) in [6.45, 7) is 18.6. The van der Waals surface area contributed by atoms with Gasteiger partial charge in [0.1, 0.15) is 36.1 Å². The van der Waals surface area contributed by atoms with Crippen LogP contribution in [0.25, 0.3) is 0 Å².